The van der Waals surface area contributed by atoms with E-state index in [0.717, 1.165) is 55.7 Å². The number of nitrogens with zero attached hydrogens (tertiary/aromatic N) is 2. The first-order chi connectivity index (χ1) is 12.3. The summed E-state index contributed by atoms with van der Waals surface area (Å²) in [5.41, 5.74) is 1.84. The minimum atomic E-state index is 0.122. The Morgan fingerprint density at radius 3 is 2.88 bits per heavy atom. The first kappa shape index (κ1) is 16.6. The molecular weight excluding hydrogens is 314 g/mol. The van der Waals surface area contributed by atoms with Gasteiger partial charge in [-0.05, 0) is 56.6 Å². The Bertz CT molecular complexity index is 721. The molecule has 1 unspecified atom stereocenters. The lowest BCUT2D eigenvalue weighted by Crippen LogP contribution is -2.43. The molecule has 0 aliphatic carbocycles. The van der Waals surface area contributed by atoms with Crippen molar-refractivity contribution in [3.05, 3.63) is 36.0 Å². The highest BCUT2D eigenvalue weighted by Gasteiger charge is 2.25. The first-order valence-corrected chi connectivity index (χ1v) is 9.50. The summed E-state index contributed by atoms with van der Waals surface area (Å²) in [7, 11) is 0. The van der Waals surface area contributed by atoms with E-state index in [2.05, 4.69) is 9.88 Å². The van der Waals surface area contributed by atoms with E-state index in [-0.39, 0.29) is 12.0 Å². The van der Waals surface area contributed by atoms with Gasteiger partial charge in [-0.2, -0.15) is 0 Å². The number of carbonyl (C=O) groups is 1. The molecule has 25 heavy (non-hydrogen) atoms. The maximum Gasteiger partial charge on any atom is 0.253 e. The third kappa shape index (κ3) is 3.88. The summed E-state index contributed by atoms with van der Waals surface area (Å²) >= 11 is 0. The smallest absolute Gasteiger partial charge is 0.253 e. The van der Waals surface area contributed by atoms with Crippen LogP contribution in [0.1, 0.15) is 36.0 Å². The van der Waals surface area contributed by atoms with Crippen LogP contribution in [-0.4, -0.2) is 66.1 Å². The number of ether oxygens (including phenoxy) is 1. The Hall–Kier alpha value is -1.85. The second kappa shape index (κ2) is 7.58. The van der Waals surface area contributed by atoms with Crippen molar-refractivity contribution in [1.29, 1.82) is 0 Å². The van der Waals surface area contributed by atoms with Crippen molar-refractivity contribution in [1.82, 2.24) is 14.8 Å². The minimum absolute atomic E-state index is 0.122. The van der Waals surface area contributed by atoms with Crippen LogP contribution < -0.4 is 0 Å². The number of piperidine rings is 1. The lowest BCUT2D eigenvalue weighted by atomic mass is 10.1. The van der Waals surface area contributed by atoms with Gasteiger partial charge in [0.05, 0.1) is 6.10 Å². The van der Waals surface area contributed by atoms with Crippen LogP contribution >= 0.6 is 0 Å². The maximum atomic E-state index is 13.0. The normalized spacial score (nSPS) is 22.9. The Morgan fingerprint density at radius 2 is 2.00 bits per heavy atom. The van der Waals surface area contributed by atoms with Crippen LogP contribution in [0, 0.1) is 0 Å². The Morgan fingerprint density at radius 1 is 1.12 bits per heavy atom. The molecule has 1 N–H and O–H groups in total. The molecule has 2 aliphatic rings. The van der Waals surface area contributed by atoms with Crippen molar-refractivity contribution >= 4 is 16.8 Å². The summed E-state index contributed by atoms with van der Waals surface area (Å²) in [4.78, 5) is 20.7. The van der Waals surface area contributed by atoms with Gasteiger partial charge in [0.2, 0.25) is 0 Å². The fraction of sp³-hybridized carbons (Fsp3) is 0.550. The molecule has 2 saturated heterocycles. The number of aromatic nitrogens is 1. The average Bonchev–Trinajstić information content (AvgIpc) is 3.00. The van der Waals surface area contributed by atoms with Crippen LogP contribution in [0.3, 0.4) is 0 Å². The molecule has 3 heterocycles. The zero-order chi connectivity index (χ0) is 17.1. The number of hydrogen-bond acceptors (Lipinski definition) is 3. The average molecular weight is 341 g/mol. The molecule has 1 aromatic heterocycles. The zero-order valence-corrected chi connectivity index (χ0v) is 14.7. The maximum absolute atomic E-state index is 13.0. The highest BCUT2D eigenvalue weighted by atomic mass is 16.5. The van der Waals surface area contributed by atoms with E-state index in [9.17, 15) is 4.79 Å². The standard InChI is InChI=1S/C20H27N3O2/c24-20(17-5-6-19-16(13-17)7-8-21-19)23-11-4-12-25-18(15-23)14-22-9-2-1-3-10-22/h5-8,13,18,21H,1-4,9-12,14-15H2. The third-order valence-electron chi connectivity index (χ3n) is 5.35. The number of fused-ring (bicyclic) bond motifs is 1. The lowest BCUT2D eigenvalue weighted by Gasteiger charge is -2.31. The fourth-order valence-corrected chi connectivity index (χ4v) is 3.99. The van der Waals surface area contributed by atoms with Gasteiger partial charge in [0.1, 0.15) is 0 Å². The molecular formula is C20H27N3O2. The topological polar surface area (TPSA) is 48.6 Å². The predicted octanol–water partition coefficient (Wildman–Crippen LogP) is 2.88. The van der Waals surface area contributed by atoms with Gasteiger partial charge in [0, 0.05) is 48.9 Å². The Balaban J connectivity index is 1.44. The van der Waals surface area contributed by atoms with Crippen molar-refractivity contribution in [2.75, 3.05) is 39.3 Å². The number of aromatic amines is 1. The van der Waals surface area contributed by atoms with E-state index in [1.54, 1.807) is 0 Å². The lowest BCUT2D eigenvalue weighted by molar-refractivity contribution is 0.0216. The molecule has 5 nitrogen and oxygen atoms in total. The van der Waals surface area contributed by atoms with Gasteiger partial charge < -0.3 is 19.5 Å². The zero-order valence-electron chi connectivity index (χ0n) is 14.7. The number of benzene rings is 1. The summed E-state index contributed by atoms with van der Waals surface area (Å²) in [5, 5.41) is 1.08. The number of H-pyrrole nitrogens is 1. The fourth-order valence-electron chi connectivity index (χ4n) is 3.99. The molecule has 1 amide bonds. The van der Waals surface area contributed by atoms with E-state index < -0.39 is 0 Å². The van der Waals surface area contributed by atoms with E-state index in [1.807, 2.05) is 35.4 Å². The third-order valence-corrected chi connectivity index (χ3v) is 5.35. The number of likely N-dealkylation sites (tertiary alicyclic amines) is 1. The van der Waals surface area contributed by atoms with Crippen molar-refractivity contribution < 1.29 is 9.53 Å². The van der Waals surface area contributed by atoms with Crippen molar-refractivity contribution in [3.8, 4) is 0 Å². The van der Waals surface area contributed by atoms with Crippen LogP contribution in [0.25, 0.3) is 10.9 Å². The van der Waals surface area contributed by atoms with Crippen LogP contribution in [0.2, 0.25) is 0 Å². The molecule has 1 atom stereocenters. The van der Waals surface area contributed by atoms with Crippen LogP contribution in [0.4, 0.5) is 0 Å². The van der Waals surface area contributed by atoms with Gasteiger partial charge in [0.15, 0.2) is 0 Å². The number of rotatable bonds is 3. The molecule has 2 aromatic rings. The van der Waals surface area contributed by atoms with Gasteiger partial charge in [0.25, 0.3) is 5.91 Å². The molecule has 5 heteroatoms. The van der Waals surface area contributed by atoms with E-state index >= 15 is 0 Å². The van der Waals surface area contributed by atoms with Crippen molar-refractivity contribution in [2.24, 2.45) is 0 Å². The summed E-state index contributed by atoms with van der Waals surface area (Å²) < 4.78 is 6.04. The first-order valence-electron chi connectivity index (χ1n) is 9.50. The summed E-state index contributed by atoms with van der Waals surface area (Å²) in [6.07, 6.45) is 6.86. The van der Waals surface area contributed by atoms with E-state index in [4.69, 9.17) is 4.74 Å². The second-order valence-corrected chi connectivity index (χ2v) is 7.24. The van der Waals surface area contributed by atoms with Crippen molar-refractivity contribution in [3.63, 3.8) is 0 Å². The van der Waals surface area contributed by atoms with Crippen LogP contribution in [0.15, 0.2) is 30.5 Å². The Kier molecular flexibility index (Phi) is 5.04. The largest absolute Gasteiger partial charge is 0.375 e. The summed E-state index contributed by atoms with van der Waals surface area (Å²) in [6.45, 7) is 5.50. The van der Waals surface area contributed by atoms with Gasteiger partial charge in [-0.25, -0.2) is 0 Å². The second-order valence-electron chi connectivity index (χ2n) is 7.24. The molecule has 1 aromatic carbocycles. The minimum Gasteiger partial charge on any atom is -0.375 e. The van der Waals surface area contributed by atoms with Crippen molar-refractivity contribution in [2.45, 2.75) is 31.8 Å². The summed E-state index contributed by atoms with van der Waals surface area (Å²) in [5.74, 6) is 0.122. The highest BCUT2D eigenvalue weighted by Crippen LogP contribution is 2.18. The molecule has 134 valence electrons. The van der Waals surface area contributed by atoms with Gasteiger partial charge in [-0.3, -0.25) is 4.79 Å². The quantitative estimate of drug-likeness (QED) is 0.934. The number of carbonyl (C=O) groups excluding carboxylic acids is 1. The SMILES string of the molecule is O=C(c1ccc2[nH]ccc2c1)N1CCCOC(CN2CCCCC2)C1. The predicted molar refractivity (Wildman–Crippen MR) is 98.9 cm³/mol. The van der Waals surface area contributed by atoms with E-state index in [0.29, 0.717) is 6.54 Å². The van der Waals surface area contributed by atoms with E-state index in [1.165, 1.54) is 19.3 Å². The molecule has 2 aliphatic heterocycles. The number of hydrogen-bond donors (Lipinski definition) is 1. The summed E-state index contributed by atoms with van der Waals surface area (Å²) in [6, 6.07) is 7.91. The molecule has 4 rings (SSSR count). The monoisotopic (exact) mass is 341 g/mol. The van der Waals surface area contributed by atoms with Gasteiger partial charge in [-0.15, -0.1) is 0 Å². The van der Waals surface area contributed by atoms with Gasteiger partial charge in [-0.1, -0.05) is 6.42 Å². The Labute approximate surface area is 148 Å². The van der Waals surface area contributed by atoms with Gasteiger partial charge >= 0.3 is 0 Å². The molecule has 0 spiro atoms. The molecule has 0 radical (unpaired) electrons. The van der Waals surface area contributed by atoms with Crippen LogP contribution in [-0.2, 0) is 4.74 Å². The number of nitrogens with one attached hydrogen (secondary N) is 1. The van der Waals surface area contributed by atoms with Crippen LogP contribution in [0.5, 0.6) is 0 Å². The molecule has 2 fully saturated rings. The molecule has 0 bridgehead atoms. The highest BCUT2D eigenvalue weighted by molar-refractivity contribution is 5.98. The number of amides is 1. The molecule has 0 saturated carbocycles.